The normalized spacial score (nSPS) is 22.9. The molecule has 5 heteroatoms. The van der Waals surface area contributed by atoms with E-state index in [4.69, 9.17) is 4.74 Å². The van der Waals surface area contributed by atoms with Crippen LogP contribution in [-0.2, 0) is 14.3 Å². The maximum absolute atomic E-state index is 11.5. The third kappa shape index (κ3) is 4.14. The zero-order valence-electron chi connectivity index (χ0n) is 9.90. The van der Waals surface area contributed by atoms with Gasteiger partial charge in [0, 0.05) is 6.42 Å². The molecule has 94 valence electrons. The van der Waals surface area contributed by atoms with Crippen LogP contribution in [-0.4, -0.2) is 28.4 Å². The Morgan fingerprint density at radius 3 is 2.71 bits per heavy atom. The molecule has 1 aliphatic rings. The molecule has 0 fully saturated rings. The van der Waals surface area contributed by atoms with Crippen LogP contribution in [0.3, 0.4) is 0 Å². The van der Waals surface area contributed by atoms with E-state index in [9.17, 15) is 9.59 Å². The Balaban J connectivity index is 2.63. The van der Waals surface area contributed by atoms with Crippen molar-refractivity contribution in [2.45, 2.75) is 30.2 Å². The van der Waals surface area contributed by atoms with E-state index in [0.717, 1.165) is 0 Å². The third-order valence-corrected chi connectivity index (χ3v) is 3.46. The molecule has 1 rings (SSSR count). The number of amides is 1. The molecule has 0 bridgehead atoms. The van der Waals surface area contributed by atoms with Crippen molar-refractivity contribution in [3.63, 3.8) is 0 Å². The van der Waals surface area contributed by atoms with Crippen molar-refractivity contribution in [1.29, 1.82) is 0 Å². The average molecular weight is 349 g/mol. The second kappa shape index (κ2) is 6.78. The number of carbonyl (C=O) groups excluding carboxylic acids is 2. The third-order valence-electron chi connectivity index (χ3n) is 2.32. The van der Waals surface area contributed by atoms with Crippen LogP contribution in [0.4, 0.5) is 0 Å². The van der Waals surface area contributed by atoms with Gasteiger partial charge in [-0.25, -0.2) is 4.79 Å². The first-order chi connectivity index (χ1) is 8.08. The van der Waals surface area contributed by atoms with E-state index >= 15 is 0 Å². The summed E-state index contributed by atoms with van der Waals surface area (Å²) in [5.74, 6) is -0.306. The van der Waals surface area contributed by atoms with Crippen LogP contribution in [0.2, 0.25) is 0 Å². The molecule has 0 aromatic rings. The van der Waals surface area contributed by atoms with Gasteiger partial charge in [0.2, 0.25) is 5.91 Å². The highest BCUT2D eigenvalue weighted by Gasteiger charge is 2.22. The number of nitrogens with one attached hydrogen (secondary N) is 1. The van der Waals surface area contributed by atoms with Gasteiger partial charge >= 0.3 is 5.97 Å². The number of esters is 1. The van der Waals surface area contributed by atoms with Crippen LogP contribution >= 0.6 is 22.6 Å². The van der Waals surface area contributed by atoms with Crippen molar-refractivity contribution in [2.24, 2.45) is 0 Å². The fourth-order valence-corrected chi connectivity index (χ4v) is 2.22. The fraction of sp³-hybridized carbons (Fsp3) is 0.500. The van der Waals surface area contributed by atoms with Crippen molar-refractivity contribution < 1.29 is 14.3 Å². The van der Waals surface area contributed by atoms with Gasteiger partial charge in [0.05, 0.1) is 22.1 Å². The lowest BCUT2D eigenvalue weighted by Gasteiger charge is -2.22. The summed E-state index contributed by atoms with van der Waals surface area (Å²) in [6, 6.07) is -0.0544. The van der Waals surface area contributed by atoms with Gasteiger partial charge in [-0.3, -0.25) is 4.79 Å². The summed E-state index contributed by atoms with van der Waals surface area (Å²) in [6.07, 6.45) is 5.81. The Morgan fingerprint density at radius 2 is 2.18 bits per heavy atom. The van der Waals surface area contributed by atoms with E-state index in [1.54, 1.807) is 13.0 Å². The van der Waals surface area contributed by atoms with Crippen LogP contribution in [0.1, 0.15) is 20.3 Å². The minimum absolute atomic E-state index is 0.00861. The molecular weight excluding hydrogens is 333 g/mol. The summed E-state index contributed by atoms with van der Waals surface area (Å²) in [4.78, 5) is 22.8. The van der Waals surface area contributed by atoms with E-state index in [-0.39, 0.29) is 21.8 Å². The largest absolute Gasteiger partial charge is 0.462 e. The Bertz CT molecular complexity index is 363. The summed E-state index contributed by atoms with van der Waals surface area (Å²) >= 11 is 2.20. The molecule has 0 aromatic heterocycles. The molecule has 2 atom stereocenters. The molecule has 0 spiro atoms. The van der Waals surface area contributed by atoms with Gasteiger partial charge < -0.3 is 10.1 Å². The number of carbonyl (C=O) groups is 2. The fourth-order valence-electron chi connectivity index (χ4n) is 1.41. The molecule has 1 amide bonds. The van der Waals surface area contributed by atoms with E-state index < -0.39 is 0 Å². The first-order valence-corrected chi connectivity index (χ1v) is 6.83. The molecule has 1 aliphatic carbocycles. The van der Waals surface area contributed by atoms with E-state index in [1.807, 2.05) is 19.1 Å². The molecule has 0 heterocycles. The van der Waals surface area contributed by atoms with Crippen LogP contribution < -0.4 is 5.32 Å². The predicted octanol–water partition coefficient (Wildman–Crippen LogP) is 1.74. The Hall–Kier alpha value is -0.850. The highest BCUT2D eigenvalue weighted by Crippen LogP contribution is 2.19. The van der Waals surface area contributed by atoms with E-state index in [2.05, 4.69) is 27.9 Å². The van der Waals surface area contributed by atoms with Gasteiger partial charge in [0.15, 0.2) is 0 Å². The molecule has 0 saturated carbocycles. The van der Waals surface area contributed by atoms with Crippen LogP contribution in [0.5, 0.6) is 0 Å². The van der Waals surface area contributed by atoms with E-state index in [0.29, 0.717) is 18.6 Å². The molecule has 0 saturated heterocycles. The van der Waals surface area contributed by atoms with Crippen molar-refractivity contribution in [3.05, 3.63) is 23.8 Å². The lowest BCUT2D eigenvalue weighted by molar-refractivity contribution is -0.138. The minimum Gasteiger partial charge on any atom is -0.462 e. The standard InChI is InChI=1S/C12H16INO3/c1-3-11(15)14-10-6-5-8(7-9(10)13)12(16)17-4-2/h5-7,9-10H,3-4H2,1-2H3,(H,14,15)/t9-,10?/m0/s1. The van der Waals surface area contributed by atoms with Crippen molar-refractivity contribution in [2.75, 3.05) is 6.61 Å². The topological polar surface area (TPSA) is 55.4 Å². The Kier molecular flexibility index (Phi) is 5.67. The quantitative estimate of drug-likeness (QED) is 0.478. The van der Waals surface area contributed by atoms with Crippen LogP contribution in [0.25, 0.3) is 0 Å². The van der Waals surface area contributed by atoms with Gasteiger partial charge in [-0.05, 0) is 13.0 Å². The summed E-state index contributed by atoms with van der Waals surface area (Å²) in [5, 5.41) is 2.88. The lowest BCUT2D eigenvalue weighted by Crippen LogP contribution is -2.39. The molecule has 4 nitrogen and oxygen atoms in total. The van der Waals surface area contributed by atoms with Gasteiger partial charge in [-0.2, -0.15) is 0 Å². The molecule has 1 unspecified atom stereocenters. The monoisotopic (exact) mass is 349 g/mol. The smallest absolute Gasteiger partial charge is 0.337 e. The van der Waals surface area contributed by atoms with Crippen molar-refractivity contribution >= 4 is 34.5 Å². The van der Waals surface area contributed by atoms with Crippen molar-refractivity contribution in [1.82, 2.24) is 5.32 Å². The first kappa shape index (κ1) is 14.2. The van der Waals surface area contributed by atoms with Gasteiger partial charge in [-0.15, -0.1) is 0 Å². The zero-order chi connectivity index (χ0) is 12.8. The summed E-state index contributed by atoms with van der Waals surface area (Å²) in [7, 11) is 0. The number of halogens is 1. The summed E-state index contributed by atoms with van der Waals surface area (Å²) in [5.41, 5.74) is 0.549. The number of hydrogen-bond acceptors (Lipinski definition) is 3. The predicted molar refractivity (Wildman–Crippen MR) is 73.9 cm³/mol. The average Bonchev–Trinajstić information content (AvgIpc) is 2.31. The van der Waals surface area contributed by atoms with Crippen LogP contribution in [0, 0.1) is 0 Å². The SMILES string of the molecule is CCOC(=O)C1=C[C@H](I)C(NC(=O)CC)C=C1. The van der Waals surface area contributed by atoms with Crippen LogP contribution in [0.15, 0.2) is 23.8 Å². The maximum atomic E-state index is 11.5. The Labute approximate surface area is 115 Å². The van der Waals surface area contributed by atoms with Crippen molar-refractivity contribution in [3.8, 4) is 0 Å². The highest BCUT2D eigenvalue weighted by molar-refractivity contribution is 14.1. The summed E-state index contributed by atoms with van der Waals surface area (Å²) in [6.45, 7) is 3.95. The van der Waals surface area contributed by atoms with Gasteiger partial charge in [-0.1, -0.05) is 41.7 Å². The number of rotatable bonds is 4. The lowest BCUT2D eigenvalue weighted by atomic mass is 10.0. The molecule has 0 aromatic carbocycles. The molecular formula is C12H16INO3. The highest BCUT2D eigenvalue weighted by atomic mass is 127. The van der Waals surface area contributed by atoms with Gasteiger partial charge in [0.25, 0.3) is 0 Å². The number of hydrogen-bond donors (Lipinski definition) is 1. The molecule has 0 radical (unpaired) electrons. The maximum Gasteiger partial charge on any atom is 0.337 e. The first-order valence-electron chi connectivity index (χ1n) is 5.59. The second-order valence-electron chi connectivity index (χ2n) is 3.59. The zero-order valence-corrected chi connectivity index (χ0v) is 12.1. The number of ether oxygens (including phenoxy) is 1. The minimum atomic E-state index is -0.314. The molecule has 0 aliphatic heterocycles. The van der Waals surface area contributed by atoms with Gasteiger partial charge in [0.1, 0.15) is 0 Å². The molecule has 1 N–H and O–H groups in total. The second-order valence-corrected chi connectivity index (χ2v) is 5.03. The number of alkyl halides is 1. The van der Waals surface area contributed by atoms with E-state index in [1.165, 1.54) is 0 Å². The Morgan fingerprint density at radius 1 is 1.47 bits per heavy atom. The summed E-state index contributed by atoms with van der Waals surface area (Å²) < 4.78 is 4.98. The molecule has 17 heavy (non-hydrogen) atoms.